The quantitative estimate of drug-likeness (QED) is 0.888. The molecule has 4 nitrogen and oxygen atoms in total. The summed E-state index contributed by atoms with van der Waals surface area (Å²) in [7, 11) is 0. The van der Waals surface area contributed by atoms with Gasteiger partial charge in [-0.2, -0.15) is 0 Å². The minimum Gasteiger partial charge on any atom is -0.475 e. The molecule has 0 aliphatic carbocycles. The minimum atomic E-state index is -1.08. The van der Waals surface area contributed by atoms with E-state index in [0.717, 1.165) is 11.3 Å². The minimum absolute atomic E-state index is 0.0727. The van der Waals surface area contributed by atoms with E-state index in [4.69, 9.17) is 32.7 Å². The Morgan fingerprint density at radius 2 is 2.11 bits per heavy atom. The van der Waals surface area contributed by atoms with Crippen molar-refractivity contribution in [1.29, 1.82) is 0 Å². The van der Waals surface area contributed by atoms with Crippen LogP contribution in [-0.2, 0) is 6.54 Å². The normalized spacial score (nSPS) is 10.5. The second kappa shape index (κ2) is 5.55. The Kier molecular flexibility index (Phi) is 4.02. The van der Waals surface area contributed by atoms with E-state index in [1.165, 1.54) is 6.07 Å². The van der Waals surface area contributed by atoms with Gasteiger partial charge in [0.2, 0.25) is 5.76 Å². The molecule has 0 radical (unpaired) electrons. The fourth-order valence-electron chi connectivity index (χ4n) is 1.62. The van der Waals surface area contributed by atoms with Gasteiger partial charge < -0.3 is 14.8 Å². The molecular formula is C13H11Cl2NO3. The number of hydrogen-bond donors (Lipinski definition) is 2. The molecule has 100 valence electrons. The summed E-state index contributed by atoms with van der Waals surface area (Å²) >= 11 is 11.8. The zero-order valence-corrected chi connectivity index (χ0v) is 11.5. The number of benzene rings is 1. The highest BCUT2D eigenvalue weighted by Crippen LogP contribution is 2.26. The standard InChI is InChI=1S/C13H11Cl2NO3/c1-7-8(4-12(19-7)13(17)18)6-16-11-3-2-9(14)5-10(11)15/h2-5,16H,6H2,1H3,(H,17,18). The summed E-state index contributed by atoms with van der Waals surface area (Å²) in [6, 6.07) is 6.61. The van der Waals surface area contributed by atoms with E-state index in [1.807, 2.05) is 0 Å². The van der Waals surface area contributed by atoms with Gasteiger partial charge in [-0.3, -0.25) is 0 Å². The molecule has 2 rings (SSSR count). The van der Waals surface area contributed by atoms with Gasteiger partial charge in [-0.25, -0.2) is 4.79 Å². The van der Waals surface area contributed by atoms with E-state index in [2.05, 4.69) is 5.32 Å². The maximum Gasteiger partial charge on any atom is 0.371 e. The van der Waals surface area contributed by atoms with Crippen LogP contribution in [0, 0.1) is 6.92 Å². The van der Waals surface area contributed by atoms with E-state index in [1.54, 1.807) is 25.1 Å². The lowest BCUT2D eigenvalue weighted by atomic mass is 10.2. The van der Waals surface area contributed by atoms with Crippen LogP contribution < -0.4 is 5.32 Å². The Hall–Kier alpha value is -1.65. The molecule has 0 bridgehead atoms. The van der Waals surface area contributed by atoms with E-state index in [0.29, 0.717) is 22.4 Å². The van der Waals surface area contributed by atoms with E-state index in [-0.39, 0.29) is 5.76 Å². The summed E-state index contributed by atoms with van der Waals surface area (Å²) in [6.07, 6.45) is 0. The van der Waals surface area contributed by atoms with Gasteiger partial charge >= 0.3 is 5.97 Å². The van der Waals surface area contributed by atoms with Crippen LogP contribution in [0.2, 0.25) is 10.0 Å². The molecule has 0 atom stereocenters. The number of aryl methyl sites for hydroxylation is 1. The molecule has 0 aliphatic rings. The number of nitrogens with one attached hydrogen (secondary N) is 1. The molecule has 6 heteroatoms. The largest absolute Gasteiger partial charge is 0.475 e. The molecule has 1 heterocycles. The number of halogens is 2. The average Bonchev–Trinajstić information content (AvgIpc) is 2.70. The topological polar surface area (TPSA) is 62.5 Å². The van der Waals surface area contributed by atoms with Crippen LogP contribution in [0.3, 0.4) is 0 Å². The zero-order chi connectivity index (χ0) is 14.0. The first kappa shape index (κ1) is 13.8. The van der Waals surface area contributed by atoms with Crippen molar-refractivity contribution < 1.29 is 14.3 Å². The Labute approximate surface area is 119 Å². The molecular weight excluding hydrogens is 289 g/mol. The maximum atomic E-state index is 10.8. The third-order valence-electron chi connectivity index (χ3n) is 2.63. The highest BCUT2D eigenvalue weighted by atomic mass is 35.5. The van der Waals surface area contributed by atoms with Gasteiger partial charge in [-0.05, 0) is 31.2 Å². The van der Waals surface area contributed by atoms with Crippen LogP contribution in [0.25, 0.3) is 0 Å². The smallest absolute Gasteiger partial charge is 0.371 e. The second-order valence-electron chi connectivity index (χ2n) is 3.97. The molecule has 0 unspecified atom stereocenters. The molecule has 0 amide bonds. The lowest BCUT2D eigenvalue weighted by molar-refractivity contribution is 0.0661. The summed E-state index contributed by atoms with van der Waals surface area (Å²) < 4.78 is 5.12. The van der Waals surface area contributed by atoms with Crippen LogP contribution in [0.4, 0.5) is 5.69 Å². The number of furan rings is 1. The summed E-state index contributed by atoms with van der Waals surface area (Å²) in [5.74, 6) is -0.592. The number of carboxylic acids is 1. The van der Waals surface area contributed by atoms with Crippen LogP contribution in [0.1, 0.15) is 21.9 Å². The molecule has 0 aliphatic heterocycles. The number of hydrogen-bond acceptors (Lipinski definition) is 3. The van der Waals surface area contributed by atoms with E-state index >= 15 is 0 Å². The average molecular weight is 300 g/mol. The molecule has 0 fully saturated rings. The molecule has 1 aromatic carbocycles. The van der Waals surface area contributed by atoms with Gasteiger partial charge in [-0.15, -0.1) is 0 Å². The number of anilines is 1. The van der Waals surface area contributed by atoms with Crippen LogP contribution in [-0.4, -0.2) is 11.1 Å². The molecule has 0 saturated heterocycles. The van der Waals surface area contributed by atoms with Crippen LogP contribution in [0.5, 0.6) is 0 Å². The molecule has 2 aromatic rings. The zero-order valence-electron chi connectivity index (χ0n) is 10.0. The SMILES string of the molecule is Cc1oc(C(=O)O)cc1CNc1ccc(Cl)cc1Cl. The van der Waals surface area contributed by atoms with Crippen molar-refractivity contribution in [2.75, 3.05) is 5.32 Å². The third-order valence-corrected chi connectivity index (χ3v) is 3.18. The second-order valence-corrected chi connectivity index (χ2v) is 4.82. The van der Waals surface area contributed by atoms with Crippen LogP contribution in [0.15, 0.2) is 28.7 Å². The highest BCUT2D eigenvalue weighted by Gasteiger charge is 2.13. The van der Waals surface area contributed by atoms with Gasteiger partial charge in [0.05, 0.1) is 10.7 Å². The lowest BCUT2D eigenvalue weighted by Crippen LogP contribution is -2.00. The van der Waals surface area contributed by atoms with Crippen molar-refractivity contribution >= 4 is 34.9 Å². The van der Waals surface area contributed by atoms with Crippen molar-refractivity contribution in [2.45, 2.75) is 13.5 Å². The van der Waals surface area contributed by atoms with Gasteiger partial charge in [0.15, 0.2) is 0 Å². The van der Waals surface area contributed by atoms with Crippen molar-refractivity contribution in [3.8, 4) is 0 Å². The third kappa shape index (κ3) is 3.22. The summed E-state index contributed by atoms with van der Waals surface area (Å²) in [5, 5.41) is 13.0. The molecule has 19 heavy (non-hydrogen) atoms. The summed E-state index contributed by atoms with van der Waals surface area (Å²) in [6.45, 7) is 2.14. The Morgan fingerprint density at radius 1 is 1.37 bits per heavy atom. The van der Waals surface area contributed by atoms with Crippen molar-refractivity contribution in [3.63, 3.8) is 0 Å². The predicted octanol–water partition coefficient (Wildman–Crippen LogP) is 4.21. The van der Waals surface area contributed by atoms with Crippen LogP contribution >= 0.6 is 23.2 Å². The van der Waals surface area contributed by atoms with Crippen molar-refractivity contribution in [3.05, 3.63) is 51.4 Å². The van der Waals surface area contributed by atoms with Gasteiger partial charge in [0.1, 0.15) is 5.76 Å². The first-order valence-electron chi connectivity index (χ1n) is 5.49. The number of carboxylic acid groups (broad SMARTS) is 1. The molecule has 0 saturated carbocycles. The predicted molar refractivity (Wildman–Crippen MR) is 74.2 cm³/mol. The number of rotatable bonds is 4. The molecule has 2 N–H and O–H groups in total. The van der Waals surface area contributed by atoms with E-state index < -0.39 is 5.97 Å². The first-order valence-corrected chi connectivity index (χ1v) is 6.24. The first-order chi connectivity index (χ1) is 8.97. The van der Waals surface area contributed by atoms with Gasteiger partial charge in [-0.1, -0.05) is 23.2 Å². The van der Waals surface area contributed by atoms with Crippen molar-refractivity contribution in [1.82, 2.24) is 0 Å². The fraction of sp³-hybridized carbons (Fsp3) is 0.154. The Bertz CT molecular complexity index is 622. The lowest BCUT2D eigenvalue weighted by Gasteiger charge is -2.07. The van der Waals surface area contributed by atoms with Gasteiger partial charge in [0, 0.05) is 17.1 Å². The molecule has 0 spiro atoms. The fourth-order valence-corrected chi connectivity index (χ4v) is 2.10. The van der Waals surface area contributed by atoms with Gasteiger partial charge in [0.25, 0.3) is 0 Å². The number of carbonyl (C=O) groups is 1. The Balaban J connectivity index is 2.12. The Morgan fingerprint density at radius 3 is 2.68 bits per heavy atom. The number of aromatic carboxylic acids is 1. The van der Waals surface area contributed by atoms with Crippen molar-refractivity contribution in [2.24, 2.45) is 0 Å². The summed E-state index contributed by atoms with van der Waals surface area (Å²) in [4.78, 5) is 10.8. The maximum absolute atomic E-state index is 10.8. The monoisotopic (exact) mass is 299 g/mol. The molecule has 1 aromatic heterocycles. The highest BCUT2D eigenvalue weighted by molar-refractivity contribution is 6.36. The van der Waals surface area contributed by atoms with E-state index in [9.17, 15) is 4.79 Å². The summed E-state index contributed by atoms with van der Waals surface area (Å²) in [5.41, 5.74) is 1.49.